The van der Waals surface area contributed by atoms with Crippen LogP contribution in [0.2, 0.25) is 0 Å². The molecule has 0 aliphatic carbocycles. The molecule has 0 spiro atoms. The number of fused-ring (bicyclic) bond motifs is 1. The predicted octanol–water partition coefficient (Wildman–Crippen LogP) is 4.02. The van der Waals surface area contributed by atoms with Crippen molar-refractivity contribution in [1.29, 1.82) is 0 Å². The fourth-order valence-electron chi connectivity index (χ4n) is 4.31. The van der Waals surface area contributed by atoms with Gasteiger partial charge in [0.1, 0.15) is 5.92 Å². The molecule has 40 heavy (non-hydrogen) atoms. The minimum absolute atomic E-state index is 0.0226. The highest BCUT2D eigenvalue weighted by molar-refractivity contribution is 7.90. The zero-order valence-electron chi connectivity index (χ0n) is 22.2. The van der Waals surface area contributed by atoms with E-state index in [2.05, 4.69) is 15.0 Å². The maximum Gasteiger partial charge on any atom is 0.264 e. The Morgan fingerprint density at radius 3 is 2.23 bits per heavy atom. The Balaban J connectivity index is 1.53. The van der Waals surface area contributed by atoms with E-state index < -0.39 is 27.8 Å². The molecule has 0 aliphatic heterocycles. The molecule has 3 amide bonds. The molecule has 2 N–H and O–H groups in total. The second-order valence-electron chi connectivity index (χ2n) is 9.14. The van der Waals surface area contributed by atoms with E-state index in [9.17, 15) is 22.8 Å². The average molecular weight is 559 g/mol. The van der Waals surface area contributed by atoms with Crippen LogP contribution in [0.5, 0.6) is 0 Å². The van der Waals surface area contributed by atoms with Crippen LogP contribution in [0.3, 0.4) is 0 Å². The van der Waals surface area contributed by atoms with E-state index in [1.165, 1.54) is 23.2 Å². The van der Waals surface area contributed by atoms with Crippen LogP contribution in [0, 0.1) is 5.92 Å². The van der Waals surface area contributed by atoms with Gasteiger partial charge in [-0.25, -0.2) is 13.1 Å². The van der Waals surface area contributed by atoms with Crippen LogP contribution in [-0.2, 0) is 26.0 Å². The summed E-state index contributed by atoms with van der Waals surface area (Å²) in [6.45, 7) is 4.33. The van der Waals surface area contributed by atoms with Gasteiger partial charge in [-0.1, -0.05) is 42.5 Å². The minimum atomic E-state index is -4.23. The lowest BCUT2D eigenvalue weighted by Crippen LogP contribution is -2.46. The largest absolute Gasteiger partial charge is 0.343 e. The van der Waals surface area contributed by atoms with Gasteiger partial charge in [0.15, 0.2) is 0 Å². The Labute approximate surface area is 233 Å². The normalized spacial score (nSPS) is 11.9. The van der Waals surface area contributed by atoms with E-state index in [0.717, 1.165) is 5.39 Å². The van der Waals surface area contributed by atoms with Crippen molar-refractivity contribution in [2.24, 2.45) is 5.92 Å². The second-order valence-corrected chi connectivity index (χ2v) is 10.8. The summed E-state index contributed by atoms with van der Waals surface area (Å²) in [6, 6.07) is 21.9. The van der Waals surface area contributed by atoms with E-state index in [1.54, 1.807) is 74.6 Å². The van der Waals surface area contributed by atoms with Crippen LogP contribution in [0.1, 0.15) is 29.8 Å². The lowest BCUT2D eigenvalue weighted by atomic mass is 9.97. The number of benzene rings is 3. The van der Waals surface area contributed by atoms with Gasteiger partial charge in [-0.15, -0.1) is 0 Å². The van der Waals surface area contributed by atoms with Gasteiger partial charge < -0.3 is 10.2 Å². The summed E-state index contributed by atoms with van der Waals surface area (Å²) in [7, 11) is -4.23. The van der Waals surface area contributed by atoms with E-state index in [1.807, 2.05) is 12.1 Å². The number of nitrogens with one attached hydrogen (secondary N) is 2. The Bertz CT molecular complexity index is 1620. The minimum Gasteiger partial charge on any atom is -0.343 e. The van der Waals surface area contributed by atoms with E-state index >= 15 is 0 Å². The number of rotatable bonds is 10. The summed E-state index contributed by atoms with van der Waals surface area (Å²) in [4.78, 5) is 44.4. The summed E-state index contributed by atoms with van der Waals surface area (Å²) >= 11 is 0. The van der Waals surface area contributed by atoms with E-state index in [4.69, 9.17) is 0 Å². The molecule has 0 fully saturated rings. The Hall–Kier alpha value is -4.57. The van der Waals surface area contributed by atoms with Crippen LogP contribution in [0.25, 0.3) is 10.8 Å². The first-order valence-corrected chi connectivity index (χ1v) is 14.3. The van der Waals surface area contributed by atoms with Gasteiger partial charge in [0.05, 0.1) is 10.5 Å². The smallest absolute Gasteiger partial charge is 0.264 e. The van der Waals surface area contributed by atoms with Gasteiger partial charge in [0.25, 0.3) is 15.9 Å². The van der Waals surface area contributed by atoms with Crippen molar-refractivity contribution in [2.75, 3.05) is 18.4 Å². The number of aromatic nitrogens is 1. The molecule has 4 rings (SSSR count). The molecule has 0 saturated carbocycles. The Kier molecular flexibility index (Phi) is 8.90. The molecule has 1 unspecified atom stereocenters. The van der Waals surface area contributed by atoms with Crippen LogP contribution in [-0.4, -0.2) is 49.1 Å². The summed E-state index contributed by atoms with van der Waals surface area (Å²) in [5, 5.41) is 4.35. The monoisotopic (exact) mass is 558 g/mol. The maximum absolute atomic E-state index is 13.3. The molecule has 10 heteroatoms. The summed E-state index contributed by atoms with van der Waals surface area (Å²) in [6.07, 6.45) is 3.01. The SMILES string of the molecule is CCN(CC)C(=O)C(Cc1ccc(NC(=O)c2cccnc2)cc1)C(=O)NS(=O)(=O)c1ccc2ccccc2c1. The molecule has 0 aliphatic rings. The molecule has 0 bridgehead atoms. The Morgan fingerprint density at radius 2 is 1.57 bits per heavy atom. The first-order valence-electron chi connectivity index (χ1n) is 12.9. The van der Waals surface area contributed by atoms with Crippen LogP contribution < -0.4 is 10.0 Å². The first kappa shape index (κ1) is 28.4. The standard InChI is InChI=1S/C30H30N4O5S/c1-3-34(4-2)30(37)27(18-21-11-14-25(15-12-21)32-28(35)24-10-7-17-31-20-24)29(36)33-40(38,39)26-16-13-22-8-5-6-9-23(22)19-26/h5-17,19-20,27H,3-4,18H2,1-2H3,(H,32,35)(H,33,36). The van der Waals surface area contributed by atoms with Crippen molar-refractivity contribution in [3.63, 3.8) is 0 Å². The number of nitrogens with zero attached hydrogens (tertiary/aromatic N) is 2. The van der Waals surface area contributed by atoms with Gasteiger partial charge in [-0.05, 0) is 73.0 Å². The lowest BCUT2D eigenvalue weighted by molar-refractivity contribution is -0.141. The molecule has 1 heterocycles. The zero-order chi connectivity index (χ0) is 28.7. The van der Waals surface area contributed by atoms with Crippen molar-refractivity contribution < 1.29 is 22.8 Å². The molecular formula is C30H30N4O5S. The highest BCUT2D eigenvalue weighted by atomic mass is 32.2. The van der Waals surface area contributed by atoms with E-state index in [-0.39, 0.29) is 17.2 Å². The lowest BCUT2D eigenvalue weighted by Gasteiger charge is -2.24. The predicted molar refractivity (Wildman–Crippen MR) is 153 cm³/mol. The number of pyridine rings is 1. The van der Waals surface area contributed by atoms with Crippen LogP contribution in [0.15, 0.2) is 96.2 Å². The third kappa shape index (κ3) is 6.70. The molecule has 206 valence electrons. The van der Waals surface area contributed by atoms with Gasteiger partial charge in [0.2, 0.25) is 11.8 Å². The van der Waals surface area contributed by atoms with Gasteiger partial charge >= 0.3 is 0 Å². The number of sulfonamides is 1. The summed E-state index contributed by atoms with van der Waals surface area (Å²) < 4.78 is 28.4. The maximum atomic E-state index is 13.3. The van der Waals surface area contributed by atoms with Crippen molar-refractivity contribution in [3.8, 4) is 0 Å². The van der Waals surface area contributed by atoms with Crippen molar-refractivity contribution in [2.45, 2.75) is 25.2 Å². The van der Waals surface area contributed by atoms with E-state index in [0.29, 0.717) is 35.3 Å². The van der Waals surface area contributed by atoms with Crippen molar-refractivity contribution in [1.82, 2.24) is 14.6 Å². The third-order valence-electron chi connectivity index (χ3n) is 6.53. The molecule has 3 aromatic carbocycles. The third-order valence-corrected chi connectivity index (χ3v) is 7.88. The van der Waals surface area contributed by atoms with Gasteiger partial charge in [-0.2, -0.15) is 0 Å². The second kappa shape index (κ2) is 12.5. The first-order chi connectivity index (χ1) is 19.2. The topological polar surface area (TPSA) is 126 Å². The number of hydrogen-bond donors (Lipinski definition) is 2. The molecular weight excluding hydrogens is 528 g/mol. The Morgan fingerprint density at radius 1 is 0.875 bits per heavy atom. The number of carbonyl (C=O) groups is 3. The molecule has 9 nitrogen and oxygen atoms in total. The van der Waals surface area contributed by atoms with Crippen LogP contribution >= 0.6 is 0 Å². The highest BCUT2D eigenvalue weighted by Gasteiger charge is 2.33. The molecule has 0 saturated heterocycles. The van der Waals surface area contributed by atoms with Crippen molar-refractivity contribution in [3.05, 3.63) is 102 Å². The number of carbonyl (C=O) groups excluding carboxylic acids is 3. The molecule has 1 atom stereocenters. The zero-order valence-corrected chi connectivity index (χ0v) is 23.0. The highest BCUT2D eigenvalue weighted by Crippen LogP contribution is 2.21. The van der Waals surface area contributed by atoms with Gasteiger partial charge in [0, 0.05) is 31.2 Å². The summed E-state index contributed by atoms with van der Waals surface area (Å²) in [5.74, 6) is -2.97. The fourth-order valence-corrected chi connectivity index (χ4v) is 5.36. The molecule has 4 aromatic rings. The number of amides is 3. The molecule has 1 aromatic heterocycles. The fraction of sp³-hybridized carbons (Fsp3) is 0.200. The van der Waals surface area contributed by atoms with Crippen molar-refractivity contribution >= 4 is 44.2 Å². The number of hydrogen-bond acceptors (Lipinski definition) is 6. The average Bonchev–Trinajstić information content (AvgIpc) is 2.97. The molecule has 0 radical (unpaired) electrons. The van der Waals surface area contributed by atoms with Gasteiger partial charge in [-0.3, -0.25) is 19.4 Å². The quantitative estimate of drug-likeness (QED) is 0.283. The van der Waals surface area contributed by atoms with Crippen LogP contribution in [0.4, 0.5) is 5.69 Å². The number of anilines is 1. The summed E-state index contributed by atoms with van der Waals surface area (Å²) in [5.41, 5.74) is 1.55.